The molecular formula is C20H34O2. The third-order valence-electron chi connectivity index (χ3n) is 6.77. The van der Waals surface area contributed by atoms with Gasteiger partial charge in [0.2, 0.25) is 0 Å². The molecule has 2 nitrogen and oxygen atoms in total. The summed E-state index contributed by atoms with van der Waals surface area (Å²) in [4.78, 5) is 0. The fourth-order valence-corrected chi connectivity index (χ4v) is 5.44. The lowest BCUT2D eigenvalue weighted by Gasteiger charge is -2.58. The number of aliphatic hydroxyl groups excluding tert-OH is 2. The number of hydrogen-bond donors (Lipinski definition) is 2. The molecule has 0 radical (unpaired) electrons. The van der Waals surface area contributed by atoms with Gasteiger partial charge in [0.25, 0.3) is 0 Å². The number of aliphatic hydroxyl groups is 2. The van der Waals surface area contributed by atoms with Crippen molar-refractivity contribution in [2.45, 2.75) is 65.7 Å². The summed E-state index contributed by atoms with van der Waals surface area (Å²) in [5.74, 6) is 1.16. The Hall–Kier alpha value is -0.600. The van der Waals surface area contributed by atoms with Crippen LogP contribution < -0.4 is 0 Å². The molecule has 2 fully saturated rings. The molecule has 22 heavy (non-hydrogen) atoms. The molecule has 0 aromatic carbocycles. The van der Waals surface area contributed by atoms with Crippen LogP contribution in [-0.2, 0) is 0 Å². The van der Waals surface area contributed by atoms with Crippen LogP contribution in [0.15, 0.2) is 23.8 Å². The predicted molar refractivity (Wildman–Crippen MR) is 92.6 cm³/mol. The van der Waals surface area contributed by atoms with E-state index in [1.54, 1.807) is 0 Å². The van der Waals surface area contributed by atoms with E-state index in [2.05, 4.69) is 27.4 Å². The number of allylic oxidation sites excluding steroid dienone is 2. The average Bonchev–Trinajstić information content (AvgIpc) is 2.46. The molecule has 2 saturated carbocycles. The normalized spacial score (nSPS) is 39.7. The van der Waals surface area contributed by atoms with Gasteiger partial charge in [0.1, 0.15) is 0 Å². The van der Waals surface area contributed by atoms with E-state index < -0.39 is 0 Å². The minimum atomic E-state index is 0.0853. The molecule has 0 bridgehead atoms. The van der Waals surface area contributed by atoms with Gasteiger partial charge in [-0.15, -0.1) is 0 Å². The van der Waals surface area contributed by atoms with Gasteiger partial charge in [0.15, 0.2) is 0 Å². The van der Waals surface area contributed by atoms with Crippen molar-refractivity contribution in [2.24, 2.45) is 22.7 Å². The summed E-state index contributed by atoms with van der Waals surface area (Å²) in [6.45, 7) is 11.7. The molecule has 0 saturated heterocycles. The van der Waals surface area contributed by atoms with E-state index in [0.29, 0.717) is 18.4 Å². The molecule has 0 spiro atoms. The van der Waals surface area contributed by atoms with Crippen LogP contribution in [-0.4, -0.2) is 23.4 Å². The zero-order valence-corrected chi connectivity index (χ0v) is 14.7. The Morgan fingerprint density at radius 3 is 2.68 bits per heavy atom. The lowest BCUT2D eigenvalue weighted by molar-refractivity contribution is -0.0858. The van der Waals surface area contributed by atoms with Gasteiger partial charge < -0.3 is 10.2 Å². The topological polar surface area (TPSA) is 40.5 Å². The first kappa shape index (κ1) is 17.7. The van der Waals surface area contributed by atoms with Gasteiger partial charge in [-0.2, -0.15) is 0 Å². The van der Waals surface area contributed by atoms with Crippen LogP contribution in [0, 0.1) is 22.7 Å². The van der Waals surface area contributed by atoms with Crippen LogP contribution in [0.4, 0.5) is 0 Å². The summed E-state index contributed by atoms with van der Waals surface area (Å²) in [5, 5.41) is 19.0. The van der Waals surface area contributed by atoms with E-state index in [1.165, 1.54) is 30.4 Å². The van der Waals surface area contributed by atoms with Gasteiger partial charge in [-0.3, -0.25) is 0 Å². The number of rotatable bonds is 5. The van der Waals surface area contributed by atoms with E-state index in [0.717, 1.165) is 25.7 Å². The molecule has 0 aromatic rings. The third kappa shape index (κ3) is 3.19. The van der Waals surface area contributed by atoms with Crippen LogP contribution in [0.25, 0.3) is 0 Å². The highest BCUT2D eigenvalue weighted by Gasteiger charge is 2.53. The molecular weight excluding hydrogens is 272 g/mol. The molecule has 126 valence electrons. The summed E-state index contributed by atoms with van der Waals surface area (Å²) < 4.78 is 0. The number of fused-ring (bicyclic) bond motifs is 1. The maximum absolute atomic E-state index is 9.98. The Labute approximate surface area is 136 Å². The first-order valence-electron chi connectivity index (χ1n) is 8.92. The van der Waals surface area contributed by atoms with Crippen molar-refractivity contribution in [2.75, 3.05) is 13.2 Å². The molecule has 2 aliphatic rings. The molecule has 0 heterocycles. The van der Waals surface area contributed by atoms with Gasteiger partial charge in [0.05, 0.1) is 6.61 Å². The van der Waals surface area contributed by atoms with Gasteiger partial charge in [-0.25, -0.2) is 0 Å². The first-order valence-corrected chi connectivity index (χ1v) is 8.92. The zero-order chi connectivity index (χ0) is 16.4. The maximum Gasteiger partial charge on any atom is 0.0614 e. The maximum atomic E-state index is 9.98. The Bertz CT molecular complexity index is 439. The largest absolute Gasteiger partial charge is 0.396 e. The zero-order valence-electron chi connectivity index (χ0n) is 14.7. The van der Waals surface area contributed by atoms with Gasteiger partial charge >= 0.3 is 0 Å². The molecule has 2 aliphatic carbocycles. The van der Waals surface area contributed by atoms with E-state index in [1.807, 2.05) is 6.08 Å². The van der Waals surface area contributed by atoms with Crippen LogP contribution in [0.3, 0.4) is 0 Å². The van der Waals surface area contributed by atoms with Crippen molar-refractivity contribution in [1.82, 2.24) is 0 Å². The third-order valence-corrected chi connectivity index (χ3v) is 6.77. The first-order chi connectivity index (χ1) is 10.4. The summed E-state index contributed by atoms with van der Waals surface area (Å²) in [6.07, 6.45) is 10.0. The second-order valence-electron chi connectivity index (χ2n) is 8.25. The lowest BCUT2D eigenvalue weighted by Crippen LogP contribution is -2.51. The fraction of sp³-hybridized carbons (Fsp3) is 0.800. The average molecular weight is 306 g/mol. The highest BCUT2D eigenvalue weighted by molar-refractivity contribution is 5.17. The van der Waals surface area contributed by atoms with Crippen LogP contribution in [0.5, 0.6) is 0 Å². The van der Waals surface area contributed by atoms with Gasteiger partial charge in [-0.1, -0.05) is 44.1 Å². The van der Waals surface area contributed by atoms with Gasteiger partial charge in [0, 0.05) is 6.61 Å². The standard InChI is InChI=1S/C20H34O2/c1-15(10-13-21)6-8-17-16(2)7-9-18-19(3,14-22)11-5-12-20(17,18)4/h10,17-18,21-22H,2,5-9,11-14H2,1,3-4H3/b15-10+/t17-,18-,19-,20+/m0/s1. The van der Waals surface area contributed by atoms with Crippen LogP contribution >= 0.6 is 0 Å². The van der Waals surface area contributed by atoms with Crippen molar-refractivity contribution in [1.29, 1.82) is 0 Å². The Balaban J connectivity index is 2.20. The fourth-order valence-electron chi connectivity index (χ4n) is 5.44. The molecule has 2 heteroatoms. The van der Waals surface area contributed by atoms with Crippen molar-refractivity contribution >= 4 is 0 Å². The Kier molecular flexibility index (Phi) is 5.55. The lowest BCUT2D eigenvalue weighted by atomic mass is 9.47. The highest BCUT2D eigenvalue weighted by Crippen LogP contribution is 2.61. The van der Waals surface area contributed by atoms with Crippen molar-refractivity contribution < 1.29 is 10.2 Å². The number of hydrogen-bond acceptors (Lipinski definition) is 2. The Morgan fingerprint density at radius 1 is 1.32 bits per heavy atom. The highest BCUT2D eigenvalue weighted by atomic mass is 16.3. The monoisotopic (exact) mass is 306 g/mol. The smallest absolute Gasteiger partial charge is 0.0614 e. The second-order valence-corrected chi connectivity index (χ2v) is 8.25. The molecule has 0 unspecified atom stereocenters. The minimum Gasteiger partial charge on any atom is -0.396 e. The molecule has 0 aliphatic heterocycles. The Morgan fingerprint density at radius 2 is 2.05 bits per heavy atom. The predicted octanol–water partition coefficient (Wildman–Crippen LogP) is 4.48. The summed E-state index contributed by atoms with van der Waals surface area (Å²) >= 11 is 0. The molecule has 2 rings (SSSR count). The van der Waals surface area contributed by atoms with E-state index >= 15 is 0 Å². The van der Waals surface area contributed by atoms with Crippen molar-refractivity contribution in [3.05, 3.63) is 23.8 Å². The minimum absolute atomic E-state index is 0.0853. The van der Waals surface area contributed by atoms with E-state index in [-0.39, 0.29) is 17.4 Å². The molecule has 0 aromatic heterocycles. The quantitative estimate of drug-likeness (QED) is 0.735. The summed E-state index contributed by atoms with van der Waals surface area (Å²) in [6, 6.07) is 0. The molecule has 0 amide bonds. The van der Waals surface area contributed by atoms with Crippen LogP contribution in [0.1, 0.15) is 65.7 Å². The molecule has 4 atom stereocenters. The second kappa shape index (κ2) is 6.88. The van der Waals surface area contributed by atoms with Gasteiger partial charge in [-0.05, 0) is 68.1 Å². The van der Waals surface area contributed by atoms with Crippen LogP contribution in [0.2, 0.25) is 0 Å². The van der Waals surface area contributed by atoms with E-state index in [9.17, 15) is 5.11 Å². The summed E-state index contributed by atoms with van der Waals surface area (Å²) in [5.41, 5.74) is 3.06. The molecule has 2 N–H and O–H groups in total. The van der Waals surface area contributed by atoms with Crippen molar-refractivity contribution in [3.63, 3.8) is 0 Å². The van der Waals surface area contributed by atoms with Crippen molar-refractivity contribution in [3.8, 4) is 0 Å². The SMILES string of the molecule is C=C1CC[C@H]2[C@](C)(CO)CCC[C@]2(C)[C@H]1CC/C(C)=C/CO. The summed E-state index contributed by atoms with van der Waals surface area (Å²) in [7, 11) is 0. The van der Waals surface area contributed by atoms with E-state index in [4.69, 9.17) is 5.11 Å².